The molecule has 0 saturated heterocycles. The third-order valence-electron chi connectivity index (χ3n) is 6.08. The van der Waals surface area contributed by atoms with E-state index < -0.39 is 5.66 Å². The van der Waals surface area contributed by atoms with Crippen LogP contribution in [0.15, 0.2) is 34.9 Å². The number of fused-ring (bicyclic) bond motifs is 2. The molecule has 1 atom stereocenters. The summed E-state index contributed by atoms with van der Waals surface area (Å²) in [5.74, 6) is 0.540. The molecule has 0 bridgehead atoms. The number of carbonyl (C=O) groups excluding carboxylic acids is 2. The molecule has 160 valence electrons. The van der Waals surface area contributed by atoms with Crippen LogP contribution in [0.3, 0.4) is 0 Å². The predicted molar refractivity (Wildman–Crippen MR) is 115 cm³/mol. The van der Waals surface area contributed by atoms with Gasteiger partial charge >= 0.3 is 0 Å². The molecule has 2 aliphatic carbocycles. The number of carbonyl (C=O) groups is 2. The highest BCUT2D eigenvalue weighted by molar-refractivity contribution is 5.97. The quantitative estimate of drug-likeness (QED) is 0.655. The lowest BCUT2D eigenvalue weighted by atomic mass is 9.91. The number of hydrogen-bond acceptors (Lipinski definition) is 6. The largest absolute Gasteiger partial charge is 0.336 e. The van der Waals surface area contributed by atoms with E-state index >= 15 is 0 Å². The van der Waals surface area contributed by atoms with Crippen molar-refractivity contribution in [1.29, 1.82) is 0 Å². The Bertz CT molecular complexity index is 1200. The number of aryl methyl sites for hydroxylation is 1. The molecule has 1 saturated carbocycles. The summed E-state index contributed by atoms with van der Waals surface area (Å²) in [5, 5.41) is 8.86. The summed E-state index contributed by atoms with van der Waals surface area (Å²) in [4.78, 5) is 46.5. The first kappa shape index (κ1) is 19.5. The van der Waals surface area contributed by atoms with Gasteiger partial charge in [0.1, 0.15) is 35.0 Å². The topological polar surface area (TPSA) is 118 Å². The molecule has 1 aliphatic heterocycles. The number of nitrogens with one attached hydrogen (secondary N) is 3. The second-order valence-electron chi connectivity index (χ2n) is 8.63. The average molecular weight is 420 g/mol. The van der Waals surface area contributed by atoms with Crippen LogP contribution in [0.4, 0.5) is 17.3 Å². The van der Waals surface area contributed by atoms with E-state index in [0.717, 1.165) is 31.3 Å². The summed E-state index contributed by atoms with van der Waals surface area (Å²) in [6.45, 7) is 3.83. The first-order chi connectivity index (χ1) is 14.9. The Labute approximate surface area is 179 Å². The smallest absolute Gasteiger partial charge is 0.277 e. The van der Waals surface area contributed by atoms with E-state index in [9.17, 15) is 14.4 Å². The van der Waals surface area contributed by atoms with Gasteiger partial charge in [-0.3, -0.25) is 19.0 Å². The van der Waals surface area contributed by atoms with Crippen LogP contribution in [0.1, 0.15) is 55.1 Å². The number of aromatic nitrogens is 3. The highest BCUT2D eigenvalue weighted by Gasteiger charge is 2.44. The van der Waals surface area contributed by atoms with Crippen molar-refractivity contribution < 1.29 is 9.59 Å². The highest BCUT2D eigenvalue weighted by Crippen LogP contribution is 2.36. The SMILES string of the molecule is CC1=CC2(CCC1)NC(=O)c1c(C)cc(Nc3cc(NC(=O)C4CC4)ncn3)c(=O)n12. The number of allylic oxidation sites excluding steroid dienone is 1. The average Bonchev–Trinajstić information content (AvgIpc) is 3.52. The molecule has 2 aromatic rings. The van der Waals surface area contributed by atoms with E-state index in [2.05, 4.69) is 25.9 Å². The molecule has 3 heterocycles. The summed E-state index contributed by atoms with van der Waals surface area (Å²) in [7, 11) is 0. The molecule has 1 unspecified atom stereocenters. The Kier molecular flexibility index (Phi) is 4.42. The molecule has 0 aromatic carbocycles. The van der Waals surface area contributed by atoms with Crippen molar-refractivity contribution in [3.05, 3.63) is 51.7 Å². The number of pyridine rings is 1. The maximum absolute atomic E-state index is 13.5. The third-order valence-corrected chi connectivity index (χ3v) is 6.08. The van der Waals surface area contributed by atoms with Gasteiger partial charge < -0.3 is 16.0 Å². The van der Waals surface area contributed by atoms with Gasteiger partial charge in [-0.15, -0.1) is 0 Å². The van der Waals surface area contributed by atoms with Gasteiger partial charge in [-0.2, -0.15) is 0 Å². The molecule has 31 heavy (non-hydrogen) atoms. The number of amides is 2. The summed E-state index contributed by atoms with van der Waals surface area (Å²) < 4.78 is 1.58. The fourth-order valence-corrected chi connectivity index (χ4v) is 4.48. The zero-order valence-corrected chi connectivity index (χ0v) is 17.5. The molecule has 2 aromatic heterocycles. The van der Waals surface area contributed by atoms with Crippen molar-refractivity contribution in [1.82, 2.24) is 19.9 Å². The molecule has 1 fully saturated rings. The molecule has 1 spiro atoms. The normalized spacial score (nSPS) is 22.0. The maximum atomic E-state index is 13.5. The number of hydrogen-bond donors (Lipinski definition) is 3. The van der Waals surface area contributed by atoms with E-state index in [-0.39, 0.29) is 23.3 Å². The van der Waals surface area contributed by atoms with Crippen LogP contribution in [-0.2, 0) is 10.5 Å². The van der Waals surface area contributed by atoms with Gasteiger partial charge in [0, 0.05) is 12.0 Å². The standard InChI is InChI=1S/C22H24N6O3/c1-12-4-3-7-22(10-12)27-20(30)18-13(2)8-15(21(31)28(18)22)25-16-9-17(24-11-23-16)26-19(29)14-5-6-14/h8-11,14H,3-7H2,1-2H3,(H,27,30)(H2,23,24,25,26,29). The zero-order chi connectivity index (χ0) is 21.8. The molecule has 9 nitrogen and oxygen atoms in total. The van der Waals surface area contributed by atoms with Gasteiger partial charge in [-0.25, -0.2) is 9.97 Å². The number of anilines is 3. The minimum Gasteiger partial charge on any atom is -0.336 e. The van der Waals surface area contributed by atoms with Crippen LogP contribution in [-0.4, -0.2) is 26.3 Å². The van der Waals surface area contributed by atoms with Gasteiger partial charge in [-0.1, -0.05) is 5.57 Å². The van der Waals surface area contributed by atoms with Crippen molar-refractivity contribution in [2.45, 2.75) is 51.6 Å². The summed E-state index contributed by atoms with van der Waals surface area (Å²) in [6.07, 6.45) is 7.63. The zero-order valence-electron chi connectivity index (χ0n) is 17.5. The summed E-state index contributed by atoms with van der Waals surface area (Å²) in [5.41, 5.74) is 1.42. The van der Waals surface area contributed by atoms with Crippen molar-refractivity contribution in [2.24, 2.45) is 5.92 Å². The van der Waals surface area contributed by atoms with Crippen LogP contribution < -0.4 is 21.5 Å². The van der Waals surface area contributed by atoms with Gasteiger partial charge in [0.25, 0.3) is 11.5 Å². The summed E-state index contributed by atoms with van der Waals surface area (Å²) >= 11 is 0. The lowest BCUT2D eigenvalue weighted by molar-refractivity contribution is -0.117. The Hall–Kier alpha value is -3.49. The molecule has 5 rings (SSSR count). The molecule has 0 radical (unpaired) electrons. The molecule has 3 aliphatic rings. The van der Waals surface area contributed by atoms with Crippen LogP contribution >= 0.6 is 0 Å². The van der Waals surface area contributed by atoms with E-state index in [0.29, 0.717) is 35.0 Å². The van der Waals surface area contributed by atoms with E-state index in [1.807, 2.05) is 19.9 Å². The first-order valence-corrected chi connectivity index (χ1v) is 10.5. The van der Waals surface area contributed by atoms with Gasteiger partial charge in [0.05, 0.1) is 0 Å². The second-order valence-corrected chi connectivity index (χ2v) is 8.63. The Morgan fingerprint density at radius 1 is 1.19 bits per heavy atom. The minimum atomic E-state index is -0.830. The fourth-order valence-electron chi connectivity index (χ4n) is 4.48. The van der Waals surface area contributed by atoms with Gasteiger partial charge in [0.15, 0.2) is 0 Å². The van der Waals surface area contributed by atoms with E-state index in [1.165, 1.54) is 6.33 Å². The van der Waals surface area contributed by atoms with Crippen molar-refractivity contribution in [3.8, 4) is 0 Å². The van der Waals surface area contributed by atoms with Crippen molar-refractivity contribution >= 4 is 29.1 Å². The van der Waals surface area contributed by atoms with Crippen LogP contribution in [0, 0.1) is 12.8 Å². The van der Waals surface area contributed by atoms with Crippen LogP contribution in [0.2, 0.25) is 0 Å². The third kappa shape index (κ3) is 3.39. The highest BCUT2D eigenvalue weighted by atomic mass is 16.2. The van der Waals surface area contributed by atoms with Gasteiger partial charge in [0.2, 0.25) is 5.91 Å². The Morgan fingerprint density at radius 3 is 2.71 bits per heavy atom. The predicted octanol–water partition coefficient (Wildman–Crippen LogP) is 2.57. The van der Waals surface area contributed by atoms with Crippen LogP contribution in [0.5, 0.6) is 0 Å². The molecule has 9 heteroatoms. The maximum Gasteiger partial charge on any atom is 0.277 e. The van der Waals surface area contributed by atoms with Crippen molar-refractivity contribution in [3.63, 3.8) is 0 Å². The van der Waals surface area contributed by atoms with Crippen molar-refractivity contribution in [2.75, 3.05) is 10.6 Å². The fraction of sp³-hybridized carbons (Fsp3) is 0.409. The monoisotopic (exact) mass is 420 g/mol. The lowest BCUT2D eigenvalue weighted by Gasteiger charge is -2.32. The molecular weight excluding hydrogens is 396 g/mol. The first-order valence-electron chi connectivity index (χ1n) is 10.5. The van der Waals surface area contributed by atoms with E-state index in [1.54, 1.807) is 16.7 Å². The number of nitrogens with zero attached hydrogens (tertiary/aromatic N) is 3. The Morgan fingerprint density at radius 2 is 1.97 bits per heavy atom. The lowest BCUT2D eigenvalue weighted by Crippen LogP contribution is -2.47. The molecule has 3 N–H and O–H groups in total. The number of rotatable bonds is 4. The van der Waals surface area contributed by atoms with Gasteiger partial charge in [-0.05, 0) is 63.7 Å². The van der Waals surface area contributed by atoms with E-state index in [4.69, 9.17) is 0 Å². The van der Waals surface area contributed by atoms with Crippen LogP contribution in [0.25, 0.3) is 0 Å². The summed E-state index contributed by atoms with van der Waals surface area (Å²) in [6, 6.07) is 3.26. The Balaban J connectivity index is 1.52. The molecule has 2 amide bonds. The molecular formula is C22H24N6O3. The minimum absolute atomic E-state index is 0.0518. The second kappa shape index (κ2) is 7.04.